The van der Waals surface area contributed by atoms with Crippen LogP contribution in [0.5, 0.6) is 0 Å². The van der Waals surface area contributed by atoms with Crippen LogP contribution in [0.4, 0.5) is 10.1 Å². The minimum atomic E-state index is -1.44. The number of carbonyl (C=O) groups is 3. The van der Waals surface area contributed by atoms with E-state index in [2.05, 4.69) is 10.4 Å². The van der Waals surface area contributed by atoms with Gasteiger partial charge in [-0.25, -0.2) is 9.18 Å². The number of nitrogens with zero attached hydrogens (tertiary/aromatic N) is 3. The first-order valence-electron chi connectivity index (χ1n) is 10.5. The predicted molar refractivity (Wildman–Crippen MR) is 110 cm³/mol. The van der Waals surface area contributed by atoms with Crippen LogP contribution < -0.4 is 10.2 Å². The van der Waals surface area contributed by atoms with Gasteiger partial charge < -0.3 is 10.1 Å². The van der Waals surface area contributed by atoms with Gasteiger partial charge in [0, 0.05) is 12.1 Å². The fourth-order valence-corrected chi connectivity index (χ4v) is 4.31. The SMILES string of the molecule is CCOC(=O)c1cc2n(n1)CC(C)(C(=O)NC1CCCC1)N(c1ccccc1F)C2=O. The van der Waals surface area contributed by atoms with E-state index in [9.17, 15) is 18.8 Å². The maximum absolute atomic E-state index is 14.7. The smallest absolute Gasteiger partial charge is 0.358 e. The van der Waals surface area contributed by atoms with E-state index in [1.54, 1.807) is 19.9 Å². The highest BCUT2D eigenvalue weighted by Gasteiger charge is 2.50. The lowest BCUT2D eigenvalue weighted by atomic mass is 9.93. The van der Waals surface area contributed by atoms with Gasteiger partial charge in [0.05, 0.1) is 18.8 Å². The number of halogens is 1. The number of hydrogen-bond donors (Lipinski definition) is 1. The summed E-state index contributed by atoms with van der Waals surface area (Å²) in [6.45, 7) is 3.40. The number of esters is 1. The molecule has 31 heavy (non-hydrogen) atoms. The van der Waals surface area contributed by atoms with Crippen molar-refractivity contribution in [1.29, 1.82) is 0 Å². The summed E-state index contributed by atoms with van der Waals surface area (Å²) in [5.74, 6) is -2.26. The molecule has 9 heteroatoms. The molecule has 1 saturated carbocycles. The highest BCUT2D eigenvalue weighted by molar-refractivity contribution is 6.12. The van der Waals surface area contributed by atoms with E-state index in [1.165, 1.54) is 33.8 Å². The summed E-state index contributed by atoms with van der Waals surface area (Å²) in [5, 5.41) is 7.22. The Morgan fingerprint density at radius 2 is 2.00 bits per heavy atom. The number of para-hydroxylation sites is 1. The third-order valence-electron chi connectivity index (χ3n) is 5.91. The number of fused-ring (bicyclic) bond motifs is 1. The zero-order valence-electron chi connectivity index (χ0n) is 17.6. The van der Waals surface area contributed by atoms with Crippen LogP contribution in [0, 0.1) is 5.82 Å². The lowest BCUT2D eigenvalue weighted by Crippen LogP contribution is -2.65. The van der Waals surface area contributed by atoms with Crippen molar-refractivity contribution in [3.63, 3.8) is 0 Å². The molecule has 1 aliphatic carbocycles. The average molecular weight is 428 g/mol. The minimum absolute atomic E-state index is 0.00158. The van der Waals surface area contributed by atoms with Gasteiger partial charge in [0.25, 0.3) is 5.91 Å². The largest absolute Gasteiger partial charge is 0.461 e. The molecule has 0 spiro atoms. The summed E-state index contributed by atoms with van der Waals surface area (Å²) in [7, 11) is 0. The summed E-state index contributed by atoms with van der Waals surface area (Å²) in [4.78, 5) is 40.2. The van der Waals surface area contributed by atoms with Crippen LogP contribution in [-0.2, 0) is 16.1 Å². The first-order valence-corrected chi connectivity index (χ1v) is 10.5. The highest BCUT2D eigenvalue weighted by Crippen LogP contribution is 2.34. The Hall–Kier alpha value is -3.23. The monoisotopic (exact) mass is 428 g/mol. The molecule has 0 bridgehead atoms. The Balaban J connectivity index is 1.78. The van der Waals surface area contributed by atoms with Gasteiger partial charge in [-0.2, -0.15) is 5.10 Å². The van der Waals surface area contributed by atoms with Gasteiger partial charge in [-0.15, -0.1) is 0 Å². The molecule has 1 atom stereocenters. The molecule has 2 aliphatic rings. The molecule has 2 heterocycles. The van der Waals surface area contributed by atoms with Crippen LogP contribution in [0.15, 0.2) is 30.3 Å². The molecule has 8 nitrogen and oxygen atoms in total. The van der Waals surface area contributed by atoms with Crippen molar-refractivity contribution >= 4 is 23.5 Å². The Bertz CT molecular complexity index is 1030. The number of hydrogen-bond acceptors (Lipinski definition) is 5. The zero-order chi connectivity index (χ0) is 22.2. The van der Waals surface area contributed by atoms with Crippen molar-refractivity contribution in [1.82, 2.24) is 15.1 Å². The second kappa shape index (κ2) is 8.13. The maximum Gasteiger partial charge on any atom is 0.358 e. The molecular weight excluding hydrogens is 403 g/mol. The molecule has 2 aromatic rings. The van der Waals surface area contributed by atoms with E-state index in [4.69, 9.17) is 4.74 Å². The number of amides is 2. The van der Waals surface area contributed by atoms with Crippen molar-refractivity contribution in [2.75, 3.05) is 11.5 Å². The number of aromatic nitrogens is 2. The average Bonchev–Trinajstić information content (AvgIpc) is 3.39. The lowest BCUT2D eigenvalue weighted by Gasteiger charge is -2.43. The Labute approximate surface area is 179 Å². The Kier molecular flexibility index (Phi) is 5.51. The summed E-state index contributed by atoms with van der Waals surface area (Å²) in [5.41, 5.74) is -1.37. The van der Waals surface area contributed by atoms with Crippen LogP contribution >= 0.6 is 0 Å². The molecule has 1 N–H and O–H groups in total. The van der Waals surface area contributed by atoms with E-state index in [0.717, 1.165) is 25.7 Å². The number of anilines is 1. The van der Waals surface area contributed by atoms with Crippen molar-refractivity contribution in [3.05, 3.63) is 47.5 Å². The standard InChI is InChI=1S/C22H25FN4O4/c1-3-31-20(29)16-12-18-19(28)27(17-11-7-6-10-15(17)23)22(2,13-26(18)25-16)21(30)24-14-8-4-5-9-14/h6-7,10-12,14H,3-5,8-9,13H2,1-2H3,(H,24,30). The van der Waals surface area contributed by atoms with Crippen LogP contribution in [0.1, 0.15) is 60.5 Å². The summed E-state index contributed by atoms with van der Waals surface area (Å²) >= 11 is 0. The molecule has 1 aromatic carbocycles. The Morgan fingerprint density at radius 3 is 2.68 bits per heavy atom. The molecule has 1 fully saturated rings. The van der Waals surface area contributed by atoms with Gasteiger partial charge in [0.2, 0.25) is 5.91 Å². The third-order valence-corrected chi connectivity index (χ3v) is 5.91. The molecule has 2 amide bonds. The fraction of sp³-hybridized carbons (Fsp3) is 0.455. The first-order chi connectivity index (χ1) is 14.8. The van der Waals surface area contributed by atoms with Crippen LogP contribution in [0.2, 0.25) is 0 Å². The molecule has 0 saturated heterocycles. The lowest BCUT2D eigenvalue weighted by molar-refractivity contribution is -0.127. The van der Waals surface area contributed by atoms with Crippen molar-refractivity contribution in [3.8, 4) is 0 Å². The van der Waals surface area contributed by atoms with E-state index in [1.807, 2.05) is 0 Å². The van der Waals surface area contributed by atoms with Gasteiger partial charge in [-0.3, -0.25) is 19.2 Å². The zero-order valence-corrected chi connectivity index (χ0v) is 17.6. The molecule has 1 aromatic heterocycles. The van der Waals surface area contributed by atoms with E-state index < -0.39 is 23.2 Å². The summed E-state index contributed by atoms with van der Waals surface area (Å²) < 4.78 is 21.1. The Morgan fingerprint density at radius 1 is 1.29 bits per heavy atom. The highest BCUT2D eigenvalue weighted by atomic mass is 19.1. The van der Waals surface area contributed by atoms with Gasteiger partial charge >= 0.3 is 5.97 Å². The quantitative estimate of drug-likeness (QED) is 0.739. The molecule has 164 valence electrons. The van der Waals surface area contributed by atoms with Gasteiger partial charge in [0.15, 0.2) is 5.69 Å². The number of carbonyl (C=O) groups excluding carboxylic acids is 3. The normalized spacial score (nSPS) is 21.1. The number of nitrogens with one attached hydrogen (secondary N) is 1. The molecule has 4 rings (SSSR count). The molecule has 1 unspecified atom stereocenters. The second-order valence-electron chi connectivity index (χ2n) is 8.11. The molecule has 0 radical (unpaired) electrons. The van der Waals surface area contributed by atoms with E-state index >= 15 is 0 Å². The number of rotatable bonds is 5. The maximum atomic E-state index is 14.7. The molecular formula is C22H25FN4O4. The van der Waals surface area contributed by atoms with E-state index in [0.29, 0.717) is 0 Å². The first kappa shape index (κ1) is 21.0. The van der Waals surface area contributed by atoms with Crippen LogP contribution in [-0.4, -0.2) is 45.8 Å². The summed E-state index contributed by atoms with van der Waals surface area (Å²) in [6.07, 6.45) is 3.80. The second-order valence-corrected chi connectivity index (χ2v) is 8.11. The predicted octanol–water partition coefficient (Wildman–Crippen LogP) is 2.68. The third kappa shape index (κ3) is 3.68. The van der Waals surface area contributed by atoms with Crippen LogP contribution in [0.3, 0.4) is 0 Å². The molecule has 1 aliphatic heterocycles. The van der Waals surface area contributed by atoms with Crippen molar-refractivity contribution in [2.45, 2.75) is 57.7 Å². The topological polar surface area (TPSA) is 93.5 Å². The van der Waals surface area contributed by atoms with Gasteiger partial charge in [0.1, 0.15) is 17.1 Å². The minimum Gasteiger partial charge on any atom is -0.461 e. The fourth-order valence-electron chi connectivity index (χ4n) is 4.31. The summed E-state index contributed by atoms with van der Waals surface area (Å²) in [6, 6.07) is 7.18. The van der Waals surface area contributed by atoms with Gasteiger partial charge in [-0.1, -0.05) is 25.0 Å². The van der Waals surface area contributed by atoms with Gasteiger partial charge in [-0.05, 0) is 38.8 Å². The number of ether oxygens (including phenoxy) is 1. The van der Waals surface area contributed by atoms with Crippen LogP contribution in [0.25, 0.3) is 0 Å². The van der Waals surface area contributed by atoms with E-state index in [-0.39, 0.29) is 42.2 Å². The number of benzene rings is 1. The van der Waals surface area contributed by atoms with Crippen molar-refractivity contribution in [2.24, 2.45) is 0 Å². The van der Waals surface area contributed by atoms with Crippen molar-refractivity contribution < 1.29 is 23.5 Å².